The molecule has 2 heterocycles. The van der Waals surface area contributed by atoms with Crippen LogP contribution in [-0.2, 0) is 13.1 Å². The van der Waals surface area contributed by atoms with E-state index in [1.54, 1.807) is 29.2 Å². The lowest BCUT2D eigenvalue weighted by atomic mass is 10.1. The Morgan fingerprint density at radius 2 is 1.76 bits per heavy atom. The standard InChI is InChI=1S/C24H25ClF3N5O/c25-20-3-4-21(22(14-20)33-11-9-31(10-12-33)7-5-24(26,27)28)30-23(34)17-1-2-18-15-32(8-6-29)16-19(18)13-17/h1-4,13-14H,5,7-12,15-16H2,(H,30,34). The van der Waals surface area contributed by atoms with Gasteiger partial charge in [-0.2, -0.15) is 18.4 Å². The number of anilines is 2. The van der Waals surface area contributed by atoms with E-state index in [2.05, 4.69) is 11.4 Å². The highest BCUT2D eigenvalue weighted by Gasteiger charge is 2.29. The van der Waals surface area contributed by atoms with E-state index in [9.17, 15) is 18.0 Å². The van der Waals surface area contributed by atoms with Crippen LogP contribution in [0.5, 0.6) is 0 Å². The van der Waals surface area contributed by atoms with E-state index in [1.807, 2.05) is 21.9 Å². The molecule has 1 N–H and O–H groups in total. The lowest BCUT2D eigenvalue weighted by Crippen LogP contribution is -2.47. The molecular formula is C24H25ClF3N5O. The second-order valence-corrected chi connectivity index (χ2v) is 9.03. The van der Waals surface area contributed by atoms with Gasteiger partial charge in [-0.05, 0) is 41.5 Å². The molecule has 0 radical (unpaired) electrons. The van der Waals surface area contributed by atoms with Crippen molar-refractivity contribution in [2.45, 2.75) is 25.7 Å². The molecule has 1 fully saturated rings. The van der Waals surface area contributed by atoms with Crippen LogP contribution < -0.4 is 10.2 Å². The molecular weight excluding hydrogens is 467 g/mol. The molecule has 34 heavy (non-hydrogen) atoms. The SMILES string of the molecule is N#CCN1Cc2ccc(C(=O)Nc3ccc(Cl)cc3N3CCN(CCC(F)(F)F)CC3)cc2C1. The number of amides is 1. The Labute approximate surface area is 201 Å². The van der Waals surface area contributed by atoms with E-state index >= 15 is 0 Å². The van der Waals surface area contributed by atoms with E-state index in [-0.39, 0.29) is 12.5 Å². The molecule has 0 spiro atoms. The van der Waals surface area contributed by atoms with Crippen LogP contribution in [0.3, 0.4) is 0 Å². The van der Waals surface area contributed by atoms with Gasteiger partial charge in [0, 0.05) is 56.4 Å². The smallest absolute Gasteiger partial charge is 0.367 e. The van der Waals surface area contributed by atoms with Crippen molar-refractivity contribution in [1.29, 1.82) is 5.26 Å². The number of carbonyl (C=O) groups excluding carboxylic acids is 1. The predicted octanol–water partition coefficient (Wildman–Crippen LogP) is 4.51. The van der Waals surface area contributed by atoms with Gasteiger partial charge in [0.15, 0.2) is 0 Å². The molecule has 0 unspecified atom stereocenters. The minimum absolute atomic E-state index is 0.0133. The van der Waals surface area contributed by atoms with Gasteiger partial charge in [0.05, 0.1) is 30.4 Å². The molecule has 2 aliphatic rings. The van der Waals surface area contributed by atoms with Crippen LogP contribution in [0.15, 0.2) is 36.4 Å². The average molecular weight is 492 g/mol. The molecule has 4 rings (SSSR count). The molecule has 0 saturated carbocycles. The fourth-order valence-corrected chi connectivity index (χ4v) is 4.55. The molecule has 0 aromatic heterocycles. The summed E-state index contributed by atoms with van der Waals surface area (Å²) in [6.07, 6.45) is -4.98. The quantitative estimate of drug-likeness (QED) is 0.603. The summed E-state index contributed by atoms with van der Waals surface area (Å²) >= 11 is 6.22. The maximum atomic E-state index is 13.0. The molecule has 180 valence electrons. The molecule has 1 amide bonds. The maximum Gasteiger partial charge on any atom is 0.390 e. The summed E-state index contributed by atoms with van der Waals surface area (Å²) < 4.78 is 37.6. The monoisotopic (exact) mass is 491 g/mol. The van der Waals surface area contributed by atoms with Crippen molar-refractivity contribution in [1.82, 2.24) is 9.80 Å². The molecule has 0 bridgehead atoms. The van der Waals surface area contributed by atoms with E-state index < -0.39 is 12.6 Å². The Kier molecular flexibility index (Phi) is 7.31. The van der Waals surface area contributed by atoms with Gasteiger partial charge in [0.1, 0.15) is 0 Å². The highest BCUT2D eigenvalue weighted by Crippen LogP contribution is 2.31. The van der Waals surface area contributed by atoms with Crippen molar-refractivity contribution >= 4 is 28.9 Å². The topological polar surface area (TPSA) is 62.6 Å². The van der Waals surface area contributed by atoms with Crippen LogP contribution in [0, 0.1) is 11.3 Å². The van der Waals surface area contributed by atoms with Crippen molar-refractivity contribution in [3.8, 4) is 6.07 Å². The van der Waals surface area contributed by atoms with Gasteiger partial charge < -0.3 is 10.2 Å². The summed E-state index contributed by atoms with van der Waals surface area (Å²) in [6.45, 7) is 3.73. The number of fused-ring (bicyclic) bond motifs is 1. The zero-order chi connectivity index (χ0) is 24.3. The van der Waals surface area contributed by atoms with Crippen molar-refractivity contribution in [2.75, 3.05) is 49.5 Å². The molecule has 10 heteroatoms. The van der Waals surface area contributed by atoms with Gasteiger partial charge >= 0.3 is 6.18 Å². The Morgan fingerprint density at radius 1 is 1.03 bits per heavy atom. The molecule has 1 saturated heterocycles. The van der Waals surface area contributed by atoms with Crippen LogP contribution in [-0.4, -0.2) is 61.2 Å². The number of nitrogens with zero attached hydrogens (tertiary/aromatic N) is 4. The van der Waals surface area contributed by atoms with E-state index in [4.69, 9.17) is 16.9 Å². The number of rotatable bonds is 6. The number of alkyl halides is 3. The van der Waals surface area contributed by atoms with Crippen molar-refractivity contribution < 1.29 is 18.0 Å². The minimum Gasteiger partial charge on any atom is -0.367 e. The summed E-state index contributed by atoms with van der Waals surface area (Å²) in [6, 6.07) is 12.9. The van der Waals surface area contributed by atoms with E-state index in [0.717, 1.165) is 16.8 Å². The van der Waals surface area contributed by atoms with E-state index in [1.165, 1.54) is 0 Å². The number of hydrogen-bond donors (Lipinski definition) is 1. The number of hydrogen-bond acceptors (Lipinski definition) is 5. The van der Waals surface area contributed by atoms with Crippen LogP contribution in [0.4, 0.5) is 24.5 Å². The summed E-state index contributed by atoms with van der Waals surface area (Å²) in [5, 5.41) is 12.4. The second kappa shape index (κ2) is 10.2. The highest BCUT2D eigenvalue weighted by atomic mass is 35.5. The normalized spacial score (nSPS) is 16.9. The Hall–Kier alpha value is -2.80. The highest BCUT2D eigenvalue weighted by molar-refractivity contribution is 6.31. The molecule has 2 aromatic rings. The van der Waals surface area contributed by atoms with Gasteiger partial charge in [0.2, 0.25) is 0 Å². The molecule has 2 aromatic carbocycles. The number of carbonyl (C=O) groups is 1. The number of halogens is 4. The summed E-state index contributed by atoms with van der Waals surface area (Å²) in [7, 11) is 0. The number of nitrogens with one attached hydrogen (secondary N) is 1. The van der Waals surface area contributed by atoms with Crippen molar-refractivity contribution in [2.24, 2.45) is 0 Å². The zero-order valence-corrected chi connectivity index (χ0v) is 19.3. The fourth-order valence-electron chi connectivity index (χ4n) is 4.38. The summed E-state index contributed by atoms with van der Waals surface area (Å²) in [5.74, 6) is -0.256. The minimum atomic E-state index is -4.16. The summed E-state index contributed by atoms with van der Waals surface area (Å²) in [5.41, 5.74) is 4.02. The lowest BCUT2D eigenvalue weighted by Gasteiger charge is -2.37. The Morgan fingerprint density at radius 3 is 2.47 bits per heavy atom. The van der Waals surface area contributed by atoms with Crippen LogP contribution in [0.25, 0.3) is 0 Å². The number of nitriles is 1. The first-order valence-corrected chi connectivity index (χ1v) is 11.5. The fraction of sp³-hybridized carbons (Fsp3) is 0.417. The van der Waals surface area contributed by atoms with Crippen LogP contribution in [0.1, 0.15) is 27.9 Å². The van der Waals surface area contributed by atoms with E-state index in [0.29, 0.717) is 62.1 Å². The van der Waals surface area contributed by atoms with Crippen molar-refractivity contribution in [3.63, 3.8) is 0 Å². The Bertz CT molecular complexity index is 1090. The number of piperazine rings is 1. The first-order valence-electron chi connectivity index (χ1n) is 11.1. The third kappa shape index (κ3) is 6.00. The third-order valence-corrected chi connectivity index (χ3v) is 6.42. The van der Waals surface area contributed by atoms with Crippen molar-refractivity contribution in [3.05, 3.63) is 58.1 Å². The molecule has 0 atom stereocenters. The Balaban J connectivity index is 1.43. The first kappa shape index (κ1) is 24.3. The molecule has 0 aliphatic carbocycles. The zero-order valence-electron chi connectivity index (χ0n) is 18.5. The van der Waals surface area contributed by atoms with Crippen LogP contribution >= 0.6 is 11.6 Å². The molecule has 6 nitrogen and oxygen atoms in total. The number of benzene rings is 2. The van der Waals surface area contributed by atoms with Gasteiger partial charge in [-0.25, -0.2) is 0 Å². The van der Waals surface area contributed by atoms with Gasteiger partial charge in [-0.15, -0.1) is 0 Å². The van der Waals surface area contributed by atoms with Gasteiger partial charge in [-0.3, -0.25) is 14.6 Å². The van der Waals surface area contributed by atoms with Gasteiger partial charge in [0.25, 0.3) is 5.91 Å². The maximum absolute atomic E-state index is 13.0. The van der Waals surface area contributed by atoms with Crippen LogP contribution in [0.2, 0.25) is 5.02 Å². The lowest BCUT2D eigenvalue weighted by molar-refractivity contribution is -0.138. The second-order valence-electron chi connectivity index (χ2n) is 8.60. The predicted molar refractivity (Wildman–Crippen MR) is 125 cm³/mol. The first-order chi connectivity index (χ1) is 16.2. The molecule has 2 aliphatic heterocycles. The largest absolute Gasteiger partial charge is 0.390 e. The third-order valence-electron chi connectivity index (χ3n) is 6.18. The summed E-state index contributed by atoms with van der Waals surface area (Å²) in [4.78, 5) is 18.9. The van der Waals surface area contributed by atoms with Gasteiger partial charge in [-0.1, -0.05) is 17.7 Å². The average Bonchev–Trinajstić information content (AvgIpc) is 3.20.